The largest absolute Gasteiger partial charge is 0.383 e. The first-order chi connectivity index (χ1) is 16.1. The highest BCUT2D eigenvalue weighted by Gasteiger charge is 2.19. The van der Waals surface area contributed by atoms with Gasteiger partial charge in [0, 0.05) is 42.0 Å². The Hall–Kier alpha value is -2.79. The van der Waals surface area contributed by atoms with Crippen LogP contribution in [0.15, 0.2) is 53.3 Å². The summed E-state index contributed by atoms with van der Waals surface area (Å²) in [5.74, 6) is 1.03. The van der Waals surface area contributed by atoms with Gasteiger partial charge in [0.05, 0.1) is 18.0 Å². The molecular formula is C22H21ClN6O2S2. The first-order valence-corrected chi connectivity index (χ1v) is 12.3. The fraction of sp³-hybridized carbons (Fsp3) is 0.227. The summed E-state index contributed by atoms with van der Waals surface area (Å²) in [5, 5.41) is 15.6. The molecule has 0 fully saturated rings. The molecule has 1 N–H and O–H groups in total. The Bertz CT molecular complexity index is 1240. The zero-order valence-corrected chi connectivity index (χ0v) is 20.4. The molecule has 1 amide bonds. The average molecular weight is 501 g/mol. The van der Waals surface area contributed by atoms with E-state index >= 15 is 0 Å². The van der Waals surface area contributed by atoms with Crippen molar-refractivity contribution in [2.75, 3.05) is 20.3 Å². The molecule has 0 atom stereocenters. The first-order valence-electron chi connectivity index (χ1n) is 10.0. The summed E-state index contributed by atoms with van der Waals surface area (Å²) in [5.41, 5.74) is 3.24. The molecule has 0 aliphatic carbocycles. The van der Waals surface area contributed by atoms with Crippen LogP contribution < -0.4 is 5.32 Å². The molecule has 4 rings (SSSR count). The number of nitrogens with one attached hydrogen (secondary N) is 1. The van der Waals surface area contributed by atoms with Gasteiger partial charge in [0.2, 0.25) is 0 Å². The van der Waals surface area contributed by atoms with Crippen molar-refractivity contribution in [1.82, 2.24) is 30.0 Å². The predicted octanol–water partition coefficient (Wildman–Crippen LogP) is 4.42. The zero-order chi connectivity index (χ0) is 23.2. The van der Waals surface area contributed by atoms with E-state index in [1.807, 2.05) is 41.8 Å². The van der Waals surface area contributed by atoms with E-state index in [1.54, 1.807) is 24.9 Å². The standard InChI is InChI=1S/C22H21ClN6O2S2/c1-14-3-4-16(23)11-18(14)29-20(15-5-7-24-8-6-15)27-28-22(29)33-13-19-26-17(12-32-19)21(30)25-9-10-31-2/h3-8,11-12H,9-10,13H2,1-2H3,(H,25,30). The van der Waals surface area contributed by atoms with Gasteiger partial charge in [-0.3, -0.25) is 14.3 Å². The molecule has 33 heavy (non-hydrogen) atoms. The summed E-state index contributed by atoms with van der Waals surface area (Å²) in [6.07, 6.45) is 3.45. The van der Waals surface area contributed by atoms with Crippen molar-refractivity contribution in [3.63, 3.8) is 0 Å². The molecule has 8 nitrogen and oxygen atoms in total. The minimum absolute atomic E-state index is 0.211. The van der Waals surface area contributed by atoms with Crippen LogP contribution in [-0.4, -0.2) is 50.9 Å². The molecule has 3 aromatic heterocycles. The van der Waals surface area contributed by atoms with Gasteiger partial charge in [0.1, 0.15) is 10.7 Å². The second-order valence-corrected chi connectivity index (χ2v) is 9.29. The summed E-state index contributed by atoms with van der Waals surface area (Å²) in [7, 11) is 1.59. The third-order valence-electron chi connectivity index (χ3n) is 4.68. The van der Waals surface area contributed by atoms with Gasteiger partial charge in [-0.05, 0) is 36.8 Å². The Balaban J connectivity index is 1.59. The monoisotopic (exact) mass is 500 g/mol. The molecular weight excluding hydrogens is 480 g/mol. The van der Waals surface area contributed by atoms with E-state index in [0.29, 0.717) is 40.6 Å². The molecule has 0 radical (unpaired) electrons. The van der Waals surface area contributed by atoms with Crippen molar-refractivity contribution in [3.8, 4) is 17.1 Å². The normalized spacial score (nSPS) is 11.0. The topological polar surface area (TPSA) is 94.8 Å². The first kappa shape index (κ1) is 23.4. The van der Waals surface area contributed by atoms with Crippen molar-refractivity contribution >= 4 is 40.6 Å². The number of pyridine rings is 1. The van der Waals surface area contributed by atoms with Gasteiger partial charge in [-0.25, -0.2) is 4.98 Å². The van der Waals surface area contributed by atoms with Crippen LogP contribution in [0.3, 0.4) is 0 Å². The molecule has 3 heterocycles. The number of methoxy groups -OCH3 is 1. The predicted molar refractivity (Wildman–Crippen MR) is 130 cm³/mol. The number of hydrogen-bond donors (Lipinski definition) is 1. The quantitative estimate of drug-likeness (QED) is 0.268. The summed E-state index contributed by atoms with van der Waals surface area (Å²) < 4.78 is 6.95. The lowest BCUT2D eigenvalue weighted by atomic mass is 10.2. The fourth-order valence-corrected chi connectivity index (χ4v) is 4.96. The zero-order valence-electron chi connectivity index (χ0n) is 18.0. The van der Waals surface area contributed by atoms with Crippen molar-refractivity contribution in [2.24, 2.45) is 0 Å². The Morgan fingerprint density at radius 1 is 1.24 bits per heavy atom. The van der Waals surface area contributed by atoms with Crippen LogP contribution in [0, 0.1) is 6.92 Å². The number of aromatic nitrogens is 5. The van der Waals surface area contributed by atoms with Gasteiger partial charge in [-0.2, -0.15) is 0 Å². The highest BCUT2D eigenvalue weighted by molar-refractivity contribution is 7.98. The van der Waals surface area contributed by atoms with Crippen LogP contribution in [0.5, 0.6) is 0 Å². The number of hydrogen-bond acceptors (Lipinski definition) is 8. The van der Waals surface area contributed by atoms with E-state index in [4.69, 9.17) is 16.3 Å². The van der Waals surface area contributed by atoms with Crippen LogP contribution in [0.1, 0.15) is 21.1 Å². The number of carbonyl (C=O) groups is 1. The maximum absolute atomic E-state index is 12.2. The van der Waals surface area contributed by atoms with Crippen molar-refractivity contribution in [1.29, 1.82) is 0 Å². The number of benzene rings is 1. The summed E-state index contributed by atoms with van der Waals surface area (Å²) >= 11 is 9.24. The number of thiazole rings is 1. The molecule has 0 bridgehead atoms. The Labute approximate surface area is 204 Å². The third-order valence-corrected chi connectivity index (χ3v) is 6.89. The van der Waals surface area contributed by atoms with Crippen LogP contribution in [0.2, 0.25) is 5.02 Å². The van der Waals surface area contributed by atoms with Gasteiger partial charge < -0.3 is 10.1 Å². The van der Waals surface area contributed by atoms with E-state index < -0.39 is 0 Å². The molecule has 11 heteroatoms. The van der Waals surface area contributed by atoms with E-state index in [2.05, 4.69) is 25.5 Å². The van der Waals surface area contributed by atoms with Crippen LogP contribution in [0.25, 0.3) is 17.1 Å². The average Bonchev–Trinajstić information content (AvgIpc) is 3.47. The number of ether oxygens (including phenoxy) is 1. The molecule has 0 saturated carbocycles. The van der Waals surface area contributed by atoms with Crippen LogP contribution in [-0.2, 0) is 10.5 Å². The number of carbonyl (C=O) groups excluding carboxylic acids is 1. The summed E-state index contributed by atoms with van der Waals surface area (Å²) in [4.78, 5) is 20.8. The maximum atomic E-state index is 12.2. The Kier molecular flexibility index (Phi) is 7.71. The Morgan fingerprint density at radius 2 is 2.06 bits per heavy atom. The number of halogens is 1. The SMILES string of the molecule is COCCNC(=O)c1csc(CSc2nnc(-c3ccncc3)n2-c2cc(Cl)ccc2C)n1. The molecule has 0 saturated heterocycles. The van der Waals surface area contributed by atoms with Gasteiger partial charge in [-0.15, -0.1) is 21.5 Å². The summed E-state index contributed by atoms with van der Waals surface area (Å²) in [6, 6.07) is 9.52. The van der Waals surface area contributed by atoms with E-state index in [0.717, 1.165) is 21.8 Å². The lowest BCUT2D eigenvalue weighted by Gasteiger charge is -2.13. The minimum Gasteiger partial charge on any atom is -0.383 e. The highest BCUT2D eigenvalue weighted by atomic mass is 35.5. The number of amides is 1. The fourth-order valence-electron chi connectivity index (χ4n) is 3.06. The second-order valence-electron chi connectivity index (χ2n) is 6.97. The van der Waals surface area contributed by atoms with Crippen LogP contribution in [0.4, 0.5) is 0 Å². The lowest BCUT2D eigenvalue weighted by Crippen LogP contribution is -2.27. The van der Waals surface area contributed by atoms with E-state index in [9.17, 15) is 4.79 Å². The minimum atomic E-state index is -0.211. The molecule has 0 unspecified atom stereocenters. The number of aryl methyl sites for hydroxylation is 1. The number of nitrogens with zero attached hydrogens (tertiary/aromatic N) is 5. The molecule has 0 aliphatic heterocycles. The van der Waals surface area contributed by atoms with Crippen molar-refractivity contribution in [2.45, 2.75) is 17.8 Å². The molecule has 1 aromatic carbocycles. The highest BCUT2D eigenvalue weighted by Crippen LogP contribution is 2.32. The van der Waals surface area contributed by atoms with Crippen molar-refractivity contribution < 1.29 is 9.53 Å². The maximum Gasteiger partial charge on any atom is 0.270 e. The number of rotatable bonds is 9. The van der Waals surface area contributed by atoms with Gasteiger partial charge in [-0.1, -0.05) is 29.4 Å². The van der Waals surface area contributed by atoms with Crippen molar-refractivity contribution in [3.05, 3.63) is 69.4 Å². The molecule has 4 aromatic rings. The van der Waals surface area contributed by atoms with Gasteiger partial charge in [0.15, 0.2) is 11.0 Å². The third kappa shape index (κ3) is 5.59. The Morgan fingerprint density at radius 3 is 2.85 bits per heavy atom. The molecule has 170 valence electrons. The number of thioether (sulfide) groups is 1. The smallest absolute Gasteiger partial charge is 0.270 e. The van der Waals surface area contributed by atoms with E-state index in [1.165, 1.54) is 23.1 Å². The van der Waals surface area contributed by atoms with E-state index in [-0.39, 0.29) is 5.91 Å². The second kappa shape index (κ2) is 10.9. The summed E-state index contributed by atoms with van der Waals surface area (Å²) in [6.45, 7) is 2.92. The molecule has 0 aliphatic rings. The molecule has 0 spiro atoms. The van der Waals surface area contributed by atoms with Crippen LogP contribution >= 0.6 is 34.7 Å². The van der Waals surface area contributed by atoms with Gasteiger partial charge in [0.25, 0.3) is 5.91 Å². The van der Waals surface area contributed by atoms with Gasteiger partial charge >= 0.3 is 0 Å². The lowest BCUT2D eigenvalue weighted by molar-refractivity contribution is 0.0932.